The summed E-state index contributed by atoms with van der Waals surface area (Å²) in [5.74, 6) is 2.93. The number of nitrogens with two attached hydrogens (primary N) is 1. The van der Waals surface area contributed by atoms with E-state index in [1.54, 1.807) is 13.8 Å². The largest absolute Gasteiger partial charge is 0.384 e. The van der Waals surface area contributed by atoms with Crippen molar-refractivity contribution in [3.63, 3.8) is 0 Å². The first-order valence-electron chi connectivity index (χ1n) is 6.35. The fourth-order valence-electron chi connectivity index (χ4n) is 1.72. The van der Waals surface area contributed by atoms with Gasteiger partial charge in [-0.25, -0.2) is 4.39 Å². The van der Waals surface area contributed by atoms with Crippen molar-refractivity contribution in [1.29, 1.82) is 0 Å². The zero-order chi connectivity index (χ0) is 16.0. The van der Waals surface area contributed by atoms with E-state index in [2.05, 4.69) is 11.8 Å². The van der Waals surface area contributed by atoms with Crippen molar-refractivity contribution in [2.75, 3.05) is 13.2 Å². The van der Waals surface area contributed by atoms with E-state index in [9.17, 15) is 14.0 Å². The molecule has 21 heavy (non-hydrogen) atoms. The maximum atomic E-state index is 14.0. The number of benzene rings is 1. The zero-order valence-electron chi connectivity index (χ0n) is 11.9. The molecule has 3 N–H and O–H groups in total. The van der Waals surface area contributed by atoms with Crippen molar-refractivity contribution >= 4 is 11.8 Å². The maximum absolute atomic E-state index is 14.0. The molecule has 0 radical (unpaired) electrons. The highest BCUT2D eigenvalue weighted by atomic mass is 19.1. The number of hydrogen-bond donors (Lipinski definition) is 2. The Morgan fingerprint density at radius 3 is 2.57 bits per heavy atom. The van der Waals surface area contributed by atoms with Crippen molar-refractivity contribution in [1.82, 2.24) is 4.90 Å². The van der Waals surface area contributed by atoms with E-state index in [-0.39, 0.29) is 24.8 Å². The second kappa shape index (κ2) is 7.41. The Bertz CT molecular complexity index is 603. The lowest BCUT2D eigenvalue weighted by atomic mass is 10.1. The highest BCUT2D eigenvalue weighted by Crippen LogP contribution is 2.14. The number of nitrogens with zero attached hydrogens (tertiary/aromatic N) is 1. The monoisotopic (exact) mass is 292 g/mol. The number of halogens is 1. The molecule has 0 aliphatic heterocycles. The highest BCUT2D eigenvalue weighted by Gasteiger charge is 2.23. The van der Waals surface area contributed by atoms with Gasteiger partial charge >= 0.3 is 0 Å². The van der Waals surface area contributed by atoms with Crippen LogP contribution in [0.1, 0.15) is 29.8 Å². The molecule has 0 unspecified atom stereocenters. The zero-order valence-corrected chi connectivity index (χ0v) is 11.9. The molecule has 0 spiro atoms. The molecule has 0 saturated carbocycles. The van der Waals surface area contributed by atoms with E-state index in [0.717, 1.165) is 6.07 Å². The fraction of sp³-hybridized carbons (Fsp3) is 0.333. The van der Waals surface area contributed by atoms with Gasteiger partial charge in [0.15, 0.2) is 0 Å². The van der Waals surface area contributed by atoms with Gasteiger partial charge in [0.05, 0.1) is 12.1 Å². The van der Waals surface area contributed by atoms with Gasteiger partial charge in [-0.1, -0.05) is 11.8 Å². The minimum absolute atomic E-state index is 0.153. The summed E-state index contributed by atoms with van der Waals surface area (Å²) in [5, 5.41) is 8.59. The molecular weight excluding hydrogens is 275 g/mol. The standard InChI is InChI=1S/C15H17FN2O3/c1-10(2)18(9-14(17)20)15(21)12-6-5-11(4-3-7-19)8-13(12)16/h5-6,8,10,19H,7,9H2,1-2H3,(H2,17,20). The van der Waals surface area contributed by atoms with Gasteiger partial charge in [-0.3, -0.25) is 9.59 Å². The molecule has 2 amide bonds. The Morgan fingerprint density at radius 1 is 1.43 bits per heavy atom. The van der Waals surface area contributed by atoms with Gasteiger partial charge in [0.1, 0.15) is 12.4 Å². The van der Waals surface area contributed by atoms with Crippen LogP contribution in [0.2, 0.25) is 0 Å². The van der Waals surface area contributed by atoms with Crippen LogP contribution in [0.4, 0.5) is 4.39 Å². The molecule has 1 rings (SSSR count). The topological polar surface area (TPSA) is 83.6 Å². The third-order valence-corrected chi connectivity index (χ3v) is 2.72. The molecular formula is C15H17FN2O3. The molecule has 0 saturated heterocycles. The van der Waals surface area contributed by atoms with Crippen LogP contribution in [0, 0.1) is 17.7 Å². The van der Waals surface area contributed by atoms with Crippen molar-refractivity contribution in [3.05, 3.63) is 35.1 Å². The van der Waals surface area contributed by atoms with E-state index in [1.165, 1.54) is 17.0 Å². The summed E-state index contributed by atoms with van der Waals surface area (Å²) in [6.07, 6.45) is 0. The van der Waals surface area contributed by atoms with Gasteiger partial charge in [0.2, 0.25) is 5.91 Å². The molecule has 0 aromatic heterocycles. The molecule has 0 bridgehead atoms. The third-order valence-electron chi connectivity index (χ3n) is 2.72. The summed E-state index contributed by atoms with van der Waals surface area (Å²) < 4.78 is 14.0. The molecule has 0 aliphatic rings. The smallest absolute Gasteiger partial charge is 0.257 e. The van der Waals surface area contributed by atoms with Gasteiger partial charge in [-0.2, -0.15) is 0 Å². The number of amides is 2. The fourth-order valence-corrected chi connectivity index (χ4v) is 1.72. The predicted octanol–water partition coefficient (Wildman–Crippen LogP) is 0.505. The number of carbonyl (C=O) groups is 2. The number of hydrogen-bond acceptors (Lipinski definition) is 3. The van der Waals surface area contributed by atoms with Crippen molar-refractivity contribution in [2.24, 2.45) is 5.73 Å². The van der Waals surface area contributed by atoms with Crippen LogP contribution < -0.4 is 5.73 Å². The predicted molar refractivity (Wildman–Crippen MR) is 75.7 cm³/mol. The lowest BCUT2D eigenvalue weighted by Crippen LogP contribution is -2.43. The summed E-state index contributed by atoms with van der Waals surface area (Å²) in [7, 11) is 0. The molecule has 112 valence electrons. The van der Waals surface area contributed by atoms with Crippen LogP contribution in [0.25, 0.3) is 0 Å². The molecule has 0 aliphatic carbocycles. The molecule has 6 heteroatoms. The summed E-state index contributed by atoms with van der Waals surface area (Å²) >= 11 is 0. The van der Waals surface area contributed by atoms with Gasteiger partial charge in [-0.15, -0.1) is 0 Å². The Morgan fingerprint density at radius 2 is 2.10 bits per heavy atom. The average molecular weight is 292 g/mol. The molecule has 0 fully saturated rings. The van der Waals surface area contributed by atoms with E-state index in [0.29, 0.717) is 5.56 Å². The van der Waals surface area contributed by atoms with Crippen molar-refractivity contribution < 1.29 is 19.1 Å². The van der Waals surface area contributed by atoms with Crippen LogP contribution in [0.15, 0.2) is 18.2 Å². The lowest BCUT2D eigenvalue weighted by Gasteiger charge is -2.25. The molecule has 5 nitrogen and oxygen atoms in total. The van der Waals surface area contributed by atoms with E-state index in [1.807, 2.05) is 0 Å². The van der Waals surface area contributed by atoms with Crippen LogP contribution in [0.3, 0.4) is 0 Å². The average Bonchev–Trinajstić information content (AvgIpc) is 2.41. The Labute approximate surface area is 122 Å². The van der Waals surface area contributed by atoms with Crippen molar-refractivity contribution in [2.45, 2.75) is 19.9 Å². The molecule has 0 atom stereocenters. The first kappa shape index (κ1) is 16.7. The highest BCUT2D eigenvalue weighted by molar-refractivity contribution is 5.96. The second-order valence-electron chi connectivity index (χ2n) is 4.65. The number of aliphatic hydroxyl groups excluding tert-OH is 1. The molecule has 0 heterocycles. The third kappa shape index (κ3) is 4.58. The normalized spacial score (nSPS) is 9.95. The van der Waals surface area contributed by atoms with Crippen LogP contribution in [0.5, 0.6) is 0 Å². The summed E-state index contributed by atoms with van der Waals surface area (Å²) in [4.78, 5) is 24.5. The summed E-state index contributed by atoms with van der Waals surface area (Å²) in [5.41, 5.74) is 5.29. The Kier molecular flexibility index (Phi) is 5.88. The van der Waals surface area contributed by atoms with Gasteiger partial charge in [0, 0.05) is 11.6 Å². The number of rotatable bonds is 4. The van der Waals surface area contributed by atoms with Crippen LogP contribution in [-0.2, 0) is 4.79 Å². The van der Waals surface area contributed by atoms with Gasteiger partial charge < -0.3 is 15.7 Å². The number of aliphatic hydroxyl groups is 1. The lowest BCUT2D eigenvalue weighted by molar-refractivity contribution is -0.119. The summed E-state index contributed by atoms with van der Waals surface area (Å²) in [6.45, 7) is 2.81. The van der Waals surface area contributed by atoms with E-state index < -0.39 is 17.6 Å². The first-order chi connectivity index (χ1) is 9.86. The van der Waals surface area contributed by atoms with Gasteiger partial charge in [0.25, 0.3) is 5.91 Å². The maximum Gasteiger partial charge on any atom is 0.257 e. The van der Waals surface area contributed by atoms with Gasteiger partial charge in [-0.05, 0) is 32.0 Å². The summed E-state index contributed by atoms with van der Waals surface area (Å²) in [6, 6.07) is 3.59. The van der Waals surface area contributed by atoms with E-state index >= 15 is 0 Å². The van der Waals surface area contributed by atoms with Crippen molar-refractivity contribution in [3.8, 4) is 11.8 Å². The minimum Gasteiger partial charge on any atom is -0.384 e. The molecule has 1 aromatic rings. The number of primary amides is 1. The second-order valence-corrected chi connectivity index (χ2v) is 4.65. The van der Waals surface area contributed by atoms with Crippen LogP contribution >= 0.6 is 0 Å². The van der Waals surface area contributed by atoms with E-state index in [4.69, 9.17) is 10.8 Å². The first-order valence-corrected chi connectivity index (χ1v) is 6.35. The number of carbonyl (C=O) groups excluding carboxylic acids is 2. The Balaban J connectivity index is 3.08. The SMILES string of the molecule is CC(C)N(CC(N)=O)C(=O)c1ccc(C#CCO)cc1F. The molecule has 1 aromatic carbocycles. The minimum atomic E-state index is -0.736. The quantitative estimate of drug-likeness (QED) is 0.793. The Hall–Kier alpha value is -2.39. The van der Waals surface area contributed by atoms with Crippen LogP contribution in [-0.4, -0.2) is 41.0 Å².